The summed E-state index contributed by atoms with van der Waals surface area (Å²) in [5.74, 6) is -0.173. The third kappa shape index (κ3) is 3.81. The van der Waals surface area contributed by atoms with Gasteiger partial charge in [0, 0.05) is 24.8 Å². The van der Waals surface area contributed by atoms with Crippen LogP contribution in [0.2, 0.25) is 0 Å². The fourth-order valence-corrected chi connectivity index (χ4v) is 4.78. The molecule has 31 heavy (non-hydrogen) atoms. The molecule has 1 aromatic heterocycles. The van der Waals surface area contributed by atoms with Crippen molar-refractivity contribution in [1.82, 2.24) is 14.7 Å². The molecule has 7 nitrogen and oxygen atoms in total. The Bertz CT molecular complexity index is 1150. The normalized spacial score (nSPS) is 20.3. The van der Waals surface area contributed by atoms with E-state index in [0.29, 0.717) is 24.3 Å². The van der Waals surface area contributed by atoms with Crippen molar-refractivity contribution < 1.29 is 14.3 Å². The molecule has 0 radical (unpaired) electrons. The van der Waals surface area contributed by atoms with Gasteiger partial charge in [0.1, 0.15) is 6.54 Å². The van der Waals surface area contributed by atoms with Crippen molar-refractivity contribution in [3.63, 3.8) is 0 Å². The van der Waals surface area contributed by atoms with Crippen LogP contribution in [0.1, 0.15) is 35.3 Å². The van der Waals surface area contributed by atoms with E-state index in [1.165, 1.54) is 16.5 Å². The first-order chi connectivity index (χ1) is 15.0. The van der Waals surface area contributed by atoms with E-state index >= 15 is 0 Å². The number of nitrogens with zero attached hydrogens (tertiary/aromatic N) is 3. The Morgan fingerprint density at radius 3 is 2.61 bits per heavy atom. The van der Waals surface area contributed by atoms with Gasteiger partial charge in [-0.1, -0.05) is 24.3 Å². The summed E-state index contributed by atoms with van der Waals surface area (Å²) in [7, 11) is 0. The minimum Gasteiger partial charge on any atom is -0.372 e. The number of aromatic nitrogens is 2. The Labute approximate surface area is 181 Å². The van der Waals surface area contributed by atoms with E-state index in [9.17, 15) is 9.59 Å². The van der Waals surface area contributed by atoms with Gasteiger partial charge in [-0.25, -0.2) is 0 Å². The Morgan fingerprint density at radius 2 is 1.84 bits per heavy atom. The fraction of sp³-hybridized carbons (Fsp3) is 0.375. The van der Waals surface area contributed by atoms with E-state index in [1.807, 2.05) is 36.9 Å². The number of ether oxygens (including phenoxy) is 1. The maximum Gasteiger partial charge on any atom is 0.256 e. The Morgan fingerprint density at radius 1 is 1.10 bits per heavy atom. The second-order valence-corrected chi connectivity index (χ2v) is 8.55. The highest BCUT2D eigenvalue weighted by Gasteiger charge is 2.26. The SMILES string of the molecule is CC1CN(C(=O)Cn2cc(NC(=O)c3ccc4c5c(cccc35)CC4)cn2)CC(C)O1. The fourth-order valence-electron chi connectivity index (χ4n) is 4.78. The van der Waals surface area contributed by atoms with Gasteiger partial charge in [-0.3, -0.25) is 14.3 Å². The molecule has 1 N–H and O–H groups in total. The zero-order valence-electron chi connectivity index (χ0n) is 17.8. The molecule has 3 aromatic rings. The first-order valence-corrected chi connectivity index (χ1v) is 10.8. The summed E-state index contributed by atoms with van der Waals surface area (Å²) in [6.07, 6.45) is 5.38. The quantitative estimate of drug-likeness (QED) is 0.707. The number of hydrogen-bond donors (Lipinski definition) is 1. The zero-order valence-corrected chi connectivity index (χ0v) is 17.8. The molecule has 2 unspecified atom stereocenters. The van der Waals surface area contributed by atoms with Crippen molar-refractivity contribution in [2.24, 2.45) is 0 Å². The van der Waals surface area contributed by atoms with Crippen LogP contribution in [0.3, 0.4) is 0 Å². The number of carbonyl (C=O) groups is 2. The third-order valence-corrected chi connectivity index (χ3v) is 6.08. The predicted molar refractivity (Wildman–Crippen MR) is 118 cm³/mol. The van der Waals surface area contributed by atoms with E-state index < -0.39 is 0 Å². The lowest BCUT2D eigenvalue weighted by molar-refractivity contribution is -0.144. The highest BCUT2D eigenvalue weighted by Crippen LogP contribution is 2.33. The second-order valence-electron chi connectivity index (χ2n) is 8.55. The second kappa shape index (κ2) is 7.81. The third-order valence-electron chi connectivity index (χ3n) is 6.08. The number of anilines is 1. The van der Waals surface area contributed by atoms with Crippen LogP contribution in [0.5, 0.6) is 0 Å². The van der Waals surface area contributed by atoms with Crippen molar-refractivity contribution in [1.29, 1.82) is 0 Å². The minimum atomic E-state index is -0.169. The van der Waals surface area contributed by atoms with Crippen molar-refractivity contribution in [3.05, 3.63) is 59.4 Å². The van der Waals surface area contributed by atoms with Gasteiger partial charge in [0.25, 0.3) is 5.91 Å². The summed E-state index contributed by atoms with van der Waals surface area (Å²) in [6, 6.07) is 10.1. The molecule has 0 bridgehead atoms. The van der Waals surface area contributed by atoms with Gasteiger partial charge in [-0.2, -0.15) is 5.10 Å². The number of hydrogen-bond acceptors (Lipinski definition) is 4. The molecule has 5 rings (SSSR count). The van der Waals surface area contributed by atoms with E-state index in [4.69, 9.17) is 4.74 Å². The van der Waals surface area contributed by atoms with Crippen molar-refractivity contribution >= 4 is 28.3 Å². The molecule has 1 fully saturated rings. The van der Waals surface area contributed by atoms with Crippen LogP contribution in [-0.4, -0.2) is 51.8 Å². The summed E-state index contributed by atoms with van der Waals surface area (Å²) in [5, 5.41) is 9.39. The summed E-state index contributed by atoms with van der Waals surface area (Å²) in [5.41, 5.74) is 3.84. The van der Waals surface area contributed by atoms with E-state index in [2.05, 4.69) is 22.5 Å². The molecule has 2 amide bonds. The first kappa shape index (κ1) is 19.8. The molecule has 1 aliphatic heterocycles. The van der Waals surface area contributed by atoms with Gasteiger partial charge in [0.2, 0.25) is 5.91 Å². The molecule has 1 aliphatic carbocycles. The average molecular weight is 418 g/mol. The highest BCUT2D eigenvalue weighted by atomic mass is 16.5. The number of morpholine rings is 1. The molecule has 0 spiro atoms. The first-order valence-electron chi connectivity index (χ1n) is 10.8. The monoisotopic (exact) mass is 418 g/mol. The van der Waals surface area contributed by atoms with Crippen molar-refractivity contribution in [2.75, 3.05) is 18.4 Å². The lowest BCUT2D eigenvalue weighted by atomic mass is 9.99. The molecule has 1 saturated heterocycles. The average Bonchev–Trinajstić information content (AvgIpc) is 3.35. The summed E-state index contributed by atoms with van der Waals surface area (Å²) >= 11 is 0. The topological polar surface area (TPSA) is 76.5 Å². The van der Waals surface area contributed by atoms with Crippen molar-refractivity contribution in [2.45, 2.75) is 45.4 Å². The van der Waals surface area contributed by atoms with E-state index in [0.717, 1.165) is 18.2 Å². The molecule has 2 atom stereocenters. The van der Waals surface area contributed by atoms with Crippen molar-refractivity contribution in [3.8, 4) is 0 Å². The largest absolute Gasteiger partial charge is 0.372 e. The molecular formula is C24H26N4O3. The van der Waals surface area contributed by atoms with Crippen LogP contribution in [0.15, 0.2) is 42.7 Å². The molecule has 0 saturated carbocycles. The van der Waals surface area contributed by atoms with Crippen LogP contribution in [0.4, 0.5) is 5.69 Å². The van der Waals surface area contributed by atoms with Gasteiger partial charge in [0.05, 0.1) is 24.1 Å². The Hall–Kier alpha value is -3.19. The maximum absolute atomic E-state index is 13.0. The predicted octanol–water partition coefficient (Wildman–Crippen LogP) is 3.02. The number of benzene rings is 2. The summed E-state index contributed by atoms with van der Waals surface area (Å²) < 4.78 is 7.26. The zero-order chi connectivity index (χ0) is 21.5. The number of rotatable bonds is 4. The lowest BCUT2D eigenvalue weighted by Gasteiger charge is -2.35. The number of amides is 2. The van der Waals surface area contributed by atoms with Gasteiger partial charge in [-0.15, -0.1) is 0 Å². The molecule has 2 aliphatic rings. The molecule has 2 heterocycles. The van der Waals surface area contributed by atoms with E-state index in [-0.39, 0.29) is 30.6 Å². The van der Waals surface area contributed by atoms with Gasteiger partial charge >= 0.3 is 0 Å². The van der Waals surface area contributed by atoms with Crippen LogP contribution < -0.4 is 5.32 Å². The van der Waals surface area contributed by atoms with Gasteiger partial charge < -0.3 is 15.0 Å². The number of carbonyl (C=O) groups excluding carboxylic acids is 2. The Balaban J connectivity index is 1.29. The van der Waals surface area contributed by atoms with E-state index in [1.54, 1.807) is 17.1 Å². The highest BCUT2D eigenvalue weighted by molar-refractivity contribution is 6.14. The summed E-state index contributed by atoms with van der Waals surface area (Å²) in [4.78, 5) is 27.4. The molecule has 7 heteroatoms. The Kier molecular flexibility index (Phi) is 4.98. The maximum atomic E-state index is 13.0. The van der Waals surface area contributed by atoms with Crippen LogP contribution >= 0.6 is 0 Å². The minimum absolute atomic E-state index is 0.00418. The van der Waals surface area contributed by atoms with Crippen LogP contribution in [-0.2, 0) is 28.9 Å². The lowest BCUT2D eigenvalue weighted by Crippen LogP contribution is -2.49. The standard InChI is InChI=1S/C24H26N4O3/c1-15-11-27(12-16(2)31-15)22(29)14-28-13-19(10-25-28)26-24(30)21-9-8-18-7-6-17-4-3-5-20(21)23(17)18/h3-5,8-10,13,15-16H,6-7,11-12,14H2,1-2H3,(H,26,30). The number of aryl methyl sites for hydroxylation is 2. The molecular weight excluding hydrogens is 392 g/mol. The summed E-state index contributed by atoms with van der Waals surface area (Å²) in [6.45, 7) is 5.24. The van der Waals surface area contributed by atoms with Crippen LogP contribution in [0, 0.1) is 0 Å². The number of nitrogens with one attached hydrogen (secondary N) is 1. The van der Waals surface area contributed by atoms with Gasteiger partial charge in [-0.05, 0) is 54.7 Å². The molecule has 2 aromatic carbocycles. The van der Waals surface area contributed by atoms with Gasteiger partial charge in [0.15, 0.2) is 0 Å². The van der Waals surface area contributed by atoms with Crippen LogP contribution in [0.25, 0.3) is 10.8 Å². The smallest absolute Gasteiger partial charge is 0.256 e. The molecule has 160 valence electrons.